The summed E-state index contributed by atoms with van der Waals surface area (Å²) in [6, 6.07) is 14.0. The molecule has 0 saturated carbocycles. The van der Waals surface area contributed by atoms with Gasteiger partial charge < -0.3 is 14.2 Å². The Bertz CT molecular complexity index is 897. The van der Waals surface area contributed by atoms with Crippen molar-refractivity contribution in [2.45, 2.75) is 13.8 Å². The van der Waals surface area contributed by atoms with Gasteiger partial charge in [0, 0.05) is 6.92 Å². The summed E-state index contributed by atoms with van der Waals surface area (Å²) in [7, 11) is 0. The van der Waals surface area contributed by atoms with Crippen molar-refractivity contribution in [3.63, 3.8) is 0 Å². The maximum Gasteiger partial charge on any atom is 0.363 e. The van der Waals surface area contributed by atoms with E-state index in [9.17, 15) is 9.59 Å². The van der Waals surface area contributed by atoms with Crippen LogP contribution in [0.15, 0.2) is 59.2 Å². The number of carbonyl (C=O) groups excluding carboxylic acids is 2. The lowest BCUT2D eigenvalue weighted by atomic mass is 10.2. The summed E-state index contributed by atoms with van der Waals surface area (Å²) >= 11 is 0. The predicted molar refractivity (Wildman–Crippen MR) is 96.0 cm³/mol. The molecule has 0 radical (unpaired) electrons. The molecule has 1 heterocycles. The maximum atomic E-state index is 12.1. The van der Waals surface area contributed by atoms with Crippen LogP contribution < -0.4 is 9.47 Å². The Labute approximate surface area is 150 Å². The van der Waals surface area contributed by atoms with Gasteiger partial charge in [-0.2, -0.15) is 0 Å². The third-order valence-corrected chi connectivity index (χ3v) is 3.48. The zero-order chi connectivity index (χ0) is 18.5. The second-order valence-corrected chi connectivity index (χ2v) is 5.43. The Balaban J connectivity index is 1.86. The molecule has 1 aliphatic rings. The van der Waals surface area contributed by atoms with Crippen LogP contribution in [-0.4, -0.2) is 24.4 Å². The molecule has 0 spiro atoms. The van der Waals surface area contributed by atoms with Crippen molar-refractivity contribution in [1.82, 2.24) is 0 Å². The molecule has 0 saturated heterocycles. The minimum Gasteiger partial charge on any atom is -0.493 e. The number of hydrogen-bond acceptors (Lipinski definition) is 6. The first-order valence-corrected chi connectivity index (χ1v) is 8.10. The van der Waals surface area contributed by atoms with E-state index in [0.717, 1.165) is 5.56 Å². The van der Waals surface area contributed by atoms with Crippen LogP contribution in [0.5, 0.6) is 11.5 Å². The van der Waals surface area contributed by atoms with E-state index >= 15 is 0 Å². The summed E-state index contributed by atoms with van der Waals surface area (Å²) in [5.74, 6) is 0.326. The number of aliphatic imine (C=N–C) groups is 1. The number of benzene rings is 2. The molecule has 0 N–H and O–H groups in total. The summed E-state index contributed by atoms with van der Waals surface area (Å²) in [5, 5.41) is 0. The van der Waals surface area contributed by atoms with Gasteiger partial charge in [0.15, 0.2) is 5.70 Å². The molecule has 0 aliphatic carbocycles. The first-order valence-electron chi connectivity index (χ1n) is 8.10. The normalized spacial score (nSPS) is 14.8. The topological polar surface area (TPSA) is 74.2 Å². The van der Waals surface area contributed by atoms with Crippen LogP contribution >= 0.6 is 0 Å². The SMILES string of the molecule is CCOc1ccccc1C1=N/C(=C/c2ccc(OC(C)=O)cc2)C(=O)O1. The molecule has 0 amide bonds. The van der Waals surface area contributed by atoms with E-state index in [1.807, 2.05) is 19.1 Å². The lowest BCUT2D eigenvalue weighted by Gasteiger charge is -2.08. The van der Waals surface area contributed by atoms with Gasteiger partial charge in [-0.15, -0.1) is 0 Å². The molecule has 0 bridgehead atoms. The molecule has 6 nitrogen and oxygen atoms in total. The second-order valence-electron chi connectivity index (χ2n) is 5.43. The molecular formula is C20H17NO5. The molecule has 3 rings (SSSR count). The van der Waals surface area contributed by atoms with Crippen molar-refractivity contribution < 1.29 is 23.8 Å². The summed E-state index contributed by atoms with van der Waals surface area (Å²) in [6.07, 6.45) is 1.61. The molecule has 26 heavy (non-hydrogen) atoms. The van der Waals surface area contributed by atoms with E-state index in [0.29, 0.717) is 23.7 Å². The van der Waals surface area contributed by atoms with Crippen LogP contribution in [0.25, 0.3) is 6.08 Å². The lowest BCUT2D eigenvalue weighted by Crippen LogP contribution is -2.07. The van der Waals surface area contributed by atoms with Gasteiger partial charge in [0.2, 0.25) is 5.90 Å². The molecule has 0 fully saturated rings. The number of cyclic esters (lactones) is 1. The van der Waals surface area contributed by atoms with Crippen LogP contribution in [-0.2, 0) is 14.3 Å². The van der Waals surface area contributed by atoms with Crippen LogP contribution in [0.1, 0.15) is 25.0 Å². The van der Waals surface area contributed by atoms with Crippen molar-refractivity contribution in [1.29, 1.82) is 0 Å². The molecule has 1 aliphatic heterocycles. The van der Waals surface area contributed by atoms with Crippen LogP contribution in [0.2, 0.25) is 0 Å². The van der Waals surface area contributed by atoms with Crippen molar-refractivity contribution in [3.8, 4) is 11.5 Å². The zero-order valence-corrected chi connectivity index (χ0v) is 14.4. The Morgan fingerprint density at radius 3 is 2.58 bits per heavy atom. The first kappa shape index (κ1) is 17.4. The highest BCUT2D eigenvalue weighted by Crippen LogP contribution is 2.25. The van der Waals surface area contributed by atoms with Crippen LogP contribution in [0, 0.1) is 0 Å². The summed E-state index contributed by atoms with van der Waals surface area (Å²) in [5.41, 5.74) is 1.54. The smallest absolute Gasteiger partial charge is 0.363 e. The highest BCUT2D eigenvalue weighted by atomic mass is 16.6. The van der Waals surface area contributed by atoms with E-state index in [2.05, 4.69) is 4.99 Å². The third-order valence-electron chi connectivity index (χ3n) is 3.48. The van der Waals surface area contributed by atoms with E-state index < -0.39 is 11.9 Å². The van der Waals surface area contributed by atoms with E-state index in [-0.39, 0.29) is 11.6 Å². The van der Waals surface area contributed by atoms with E-state index in [1.165, 1.54) is 6.92 Å². The summed E-state index contributed by atoms with van der Waals surface area (Å²) in [4.78, 5) is 27.4. The van der Waals surface area contributed by atoms with Crippen molar-refractivity contribution in [2.24, 2.45) is 4.99 Å². The minimum atomic E-state index is -0.532. The number of ether oxygens (including phenoxy) is 3. The lowest BCUT2D eigenvalue weighted by molar-refractivity contribution is -0.132. The maximum absolute atomic E-state index is 12.1. The highest BCUT2D eigenvalue weighted by Gasteiger charge is 2.26. The number of para-hydroxylation sites is 1. The van der Waals surface area contributed by atoms with Gasteiger partial charge in [-0.1, -0.05) is 24.3 Å². The second kappa shape index (κ2) is 7.65. The number of nitrogens with zero attached hydrogens (tertiary/aromatic N) is 1. The standard InChI is InChI=1S/C20H17NO5/c1-3-24-18-7-5-4-6-16(18)19-21-17(20(23)26-19)12-14-8-10-15(11-9-14)25-13(2)22/h4-12H,3H2,1-2H3/b17-12+. The summed E-state index contributed by atoms with van der Waals surface area (Å²) in [6.45, 7) is 3.71. The first-order chi connectivity index (χ1) is 12.6. The quantitative estimate of drug-likeness (QED) is 0.469. The van der Waals surface area contributed by atoms with Gasteiger partial charge in [0.05, 0.1) is 12.2 Å². The third kappa shape index (κ3) is 3.97. The van der Waals surface area contributed by atoms with E-state index in [4.69, 9.17) is 14.2 Å². The average molecular weight is 351 g/mol. The van der Waals surface area contributed by atoms with E-state index in [1.54, 1.807) is 42.5 Å². The van der Waals surface area contributed by atoms with Gasteiger partial charge in [-0.05, 0) is 42.8 Å². The highest BCUT2D eigenvalue weighted by molar-refractivity contribution is 6.13. The van der Waals surface area contributed by atoms with Gasteiger partial charge in [-0.3, -0.25) is 4.79 Å². The molecular weight excluding hydrogens is 334 g/mol. The Morgan fingerprint density at radius 2 is 1.88 bits per heavy atom. The largest absolute Gasteiger partial charge is 0.493 e. The Hall–Kier alpha value is -3.41. The molecule has 132 valence electrons. The fourth-order valence-electron chi connectivity index (χ4n) is 2.40. The molecule has 0 unspecified atom stereocenters. The van der Waals surface area contributed by atoms with Gasteiger partial charge in [-0.25, -0.2) is 9.79 Å². The Kier molecular flexibility index (Phi) is 5.12. The van der Waals surface area contributed by atoms with Crippen LogP contribution in [0.3, 0.4) is 0 Å². The van der Waals surface area contributed by atoms with Crippen molar-refractivity contribution >= 4 is 23.9 Å². The van der Waals surface area contributed by atoms with Crippen LogP contribution in [0.4, 0.5) is 0 Å². The molecule has 0 atom stereocenters. The Morgan fingerprint density at radius 1 is 1.15 bits per heavy atom. The average Bonchev–Trinajstić information content (AvgIpc) is 2.97. The minimum absolute atomic E-state index is 0.187. The molecule has 6 heteroatoms. The fourth-order valence-corrected chi connectivity index (χ4v) is 2.40. The molecule has 2 aromatic rings. The number of esters is 2. The zero-order valence-electron chi connectivity index (χ0n) is 14.4. The fraction of sp³-hybridized carbons (Fsp3) is 0.150. The van der Waals surface area contributed by atoms with Gasteiger partial charge in [0.25, 0.3) is 0 Å². The number of hydrogen-bond donors (Lipinski definition) is 0. The summed E-state index contributed by atoms with van der Waals surface area (Å²) < 4.78 is 15.8. The van der Waals surface area contributed by atoms with Crippen molar-refractivity contribution in [3.05, 3.63) is 65.4 Å². The van der Waals surface area contributed by atoms with Gasteiger partial charge in [0.1, 0.15) is 11.5 Å². The van der Waals surface area contributed by atoms with Gasteiger partial charge >= 0.3 is 11.9 Å². The number of rotatable bonds is 5. The number of carbonyl (C=O) groups is 2. The predicted octanol–water partition coefficient (Wildman–Crippen LogP) is 3.36. The molecule has 0 aromatic heterocycles. The van der Waals surface area contributed by atoms with Crippen molar-refractivity contribution in [2.75, 3.05) is 6.61 Å². The monoisotopic (exact) mass is 351 g/mol. The molecule has 2 aromatic carbocycles.